The molecule has 2 aromatic rings. The number of nitrogens with zero attached hydrogens (tertiary/aromatic N) is 2. The molecule has 2 aliphatic heterocycles. The van der Waals surface area contributed by atoms with Crippen LogP contribution in [0.25, 0.3) is 0 Å². The van der Waals surface area contributed by atoms with E-state index >= 15 is 0 Å². The summed E-state index contributed by atoms with van der Waals surface area (Å²) in [7, 11) is 1.84. The zero-order chi connectivity index (χ0) is 16.7. The highest BCUT2D eigenvalue weighted by molar-refractivity contribution is 5.97. The van der Waals surface area contributed by atoms with Gasteiger partial charge in [0.05, 0.1) is 11.6 Å². The van der Waals surface area contributed by atoms with Crippen LogP contribution in [0.4, 0.5) is 0 Å². The predicted octanol–water partition coefficient (Wildman–Crippen LogP) is 2.11. The summed E-state index contributed by atoms with van der Waals surface area (Å²) in [6, 6.07) is 14.8. The Hall–Kier alpha value is -2.53. The topological polar surface area (TPSA) is 53.0 Å². The Morgan fingerprint density at radius 1 is 1.12 bits per heavy atom. The number of phenolic OH excluding ortho intramolecular Hbond substituents is 1. The first-order valence-electron chi connectivity index (χ1n) is 8.15. The molecule has 124 valence electrons. The molecule has 0 aromatic heterocycles. The van der Waals surface area contributed by atoms with Gasteiger partial charge in [0, 0.05) is 32.2 Å². The zero-order valence-electron chi connectivity index (χ0n) is 13.6. The number of amides is 1. The second-order valence-electron chi connectivity index (χ2n) is 6.46. The smallest absolute Gasteiger partial charge is 0.257 e. The number of rotatable bonds is 2. The van der Waals surface area contributed by atoms with Gasteiger partial charge in [0.25, 0.3) is 5.91 Å². The van der Waals surface area contributed by atoms with Crippen molar-refractivity contribution in [2.75, 3.05) is 20.1 Å². The maximum atomic E-state index is 12.7. The van der Waals surface area contributed by atoms with Gasteiger partial charge in [0.2, 0.25) is 0 Å². The van der Waals surface area contributed by atoms with E-state index in [1.165, 1.54) is 0 Å². The first-order chi connectivity index (χ1) is 11.6. The summed E-state index contributed by atoms with van der Waals surface area (Å²) in [5.41, 5.74) is 1.52. The molecule has 2 aliphatic rings. The lowest BCUT2D eigenvalue weighted by atomic mass is 10.1. The van der Waals surface area contributed by atoms with Gasteiger partial charge < -0.3 is 14.7 Å². The van der Waals surface area contributed by atoms with Gasteiger partial charge in [-0.2, -0.15) is 0 Å². The van der Waals surface area contributed by atoms with Gasteiger partial charge in [-0.15, -0.1) is 0 Å². The van der Waals surface area contributed by atoms with Gasteiger partial charge in [-0.3, -0.25) is 9.69 Å². The molecule has 0 radical (unpaired) electrons. The number of fused-ring (bicyclic) bond motifs is 2. The van der Waals surface area contributed by atoms with Crippen LogP contribution < -0.4 is 4.74 Å². The van der Waals surface area contributed by atoms with E-state index in [1.54, 1.807) is 11.0 Å². The van der Waals surface area contributed by atoms with Crippen molar-refractivity contribution in [3.8, 4) is 11.5 Å². The van der Waals surface area contributed by atoms with E-state index in [2.05, 4.69) is 4.90 Å². The number of likely N-dealkylation sites (tertiary alicyclic amines) is 1. The molecule has 4 rings (SSSR count). The number of phenols is 1. The first-order valence-corrected chi connectivity index (χ1v) is 8.15. The number of likely N-dealkylation sites (N-methyl/N-ethyl adjacent to an activating group) is 1. The summed E-state index contributed by atoms with van der Waals surface area (Å²) in [6.45, 7) is 2.10. The van der Waals surface area contributed by atoms with Gasteiger partial charge in [-0.1, -0.05) is 30.3 Å². The molecular formula is C19H20N2O3. The summed E-state index contributed by atoms with van der Waals surface area (Å²) in [4.78, 5) is 16.7. The van der Waals surface area contributed by atoms with Crippen molar-refractivity contribution < 1.29 is 14.6 Å². The Balaban J connectivity index is 1.57. The minimum atomic E-state index is -0.0616. The van der Waals surface area contributed by atoms with Crippen molar-refractivity contribution in [1.29, 1.82) is 0 Å². The van der Waals surface area contributed by atoms with E-state index in [0.717, 1.165) is 18.7 Å². The number of carbonyl (C=O) groups is 1. The van der Waals surface area contributed by atoms with E-state index < -0.39 is 0 Å². The molecule has 0 unspecified atom stereocenters. The van der Waals surface area contributed by atoms with Gasteiger partial charge in [0.1, 0.15) is 17.6 Å². The fraction of sp³-hybridized carbons (Fsp3) is 0.316. The largest absolute Gasteiger partial charge is 0.508 e. The maximum Gasteiger partial charge on any atom is 0.257 e. The summed E-state index contributed by atoms with van der Waals surface area (Å²) >= 11 is 0. The highest BCUT2D eigenvalue weighted by Crippen LogP contribution is 2.31. The summed E-state index contributed by atoms with van der Waals surface area (Å²) in [6.07, 6.45) is -0.0616. The molecule has 2 aromatic carbocycles. The molecule has 1 amide bonds. The Bertz CT molecular complexity index is 777. The van der Waals surface area contributed by atoms with E-state index in [4.69, 9.17) is 4.74 Å². The van der Waals surface area contributed by atoms with Crippen LogP contribution in [0.1, 0.15) is 15.9 Å². The number of para-hydroxylation sites is 2. The zero-order valence-corrected chi connectivity index (χ0v) is 13.6. The molecule has 1 saturated heterocycles. The normalized spacial score (nSPS) is 23.4. The Labute approximate surface area is 141 Å². The van der Waals surface area contributed by atoms with Crippen molar-refractivity contribution in [2.24, 2.45) is 0 Å². The third-order valence-electron chi connectivity index (χ3n) is 4.91. The van der Waals surface area contributed by atoms with Gasteiger partial charge in [0.15, 0.2) is 0 Å². The molecule has 0 saturated carbocycles. The summed E-state index contributed by atoms with van der Waals surface area (Å²) < 4.78 is 6.15. The Morgan fingerprint density at radius 3 is 2.71 bits per heavy atom. The van der Waals surface area contributed by atoms with Crippen LogP contribution in [0.15, 0.2) is 48.5 Å². The Morgan fingerprint density at radius 2 is 1.88 bits per heavy atom. The van der Waals surface area contributed by atoms with Crippen LogP contribution in [0, 0.1) is 0 Å². The van der Waals surface area contributed by atoms with E-state index in [1.807, 2.05) is 49.5 Å². The standard InChI is InChI=1S/C19H20N2O3/c1-20-15-11-21(10-13-6-2-4-8-16(13)22)12-18(15)24-17-9-5-3-7-14(17)19(20)23/h2-9,15,18,22H,10-12H2,1H3/t15-,18+/m1/s1. The monoisotopic (exact) mass is 324 g/mol. The summed E-state index contributed by atoms with van der Waals surface area (Å²) in [5, 5.41) is 9.98. The Kier molecular flexibility index (Phi) is 3.65. The molecule has 1 N–H and O–H groups in total. The maximum absolute atomic E-state index is 12.7. The number of aromatic hydroxyl groups is 1. The molecule has 2 heterocycles. The lowest BCUT2D eigenvalue weighted by Crippen LogP contribution is -2.44. The third-order valence-corrected chi connectivity index (χ3v) is 4.91. The van der Waals surface area contributed by atoms with Crippen LogP contribution >= 0.6 is 0 Å². The van der Waals surface area contributed by atoms with Crippen molar-refractivity contribution in [1.82, 2.24) is 9.80 Å². The van der Waals surface area contributed by atoms with Crippen molar-refractivity contribution in [3.63, 3.8) is 0 Å². The fourth-order valence-electron chi connectivity index (χ4n) is 3.58. The van der Waals surface area contributed by atoms with Gasteiger partial charge >= 0.3 is 0 Å². The van der Waals surface area contributed by atoms with Crippen LogP contribution in [0.5, 0.6) is 11.5 Å². The van der Waals surface area contributed by atoms with Crippen molar-refractivity contribution in [2.45, 2.75) is 18.7 Å². The fourth-order valence-corrected chi connectivity index (χ4v) is 3.58. The van der Waals surface area contributed by atoms with Crippen LogP contribution in [-0.2, 0) is 6.54 Å². The van der Waals surface area contributed by atoms with E-state index in [0.29, 0.717) is 23.6 Å². The van der Waals surface area contributed by atoms with Crippen molar-refractivity contribution in [3.05, 3.63) is 59.7 Å². The molecule has 5 nitrogen and oxygen atoms in total. The van der Waals surface area contributed by atoms with Gasteiger partial charge in [-0.25, -0.2) is 0 Å². The van der Waals surface area contributed by atoms with Crippen LogP contribution in [0.2, 0.25) is 0 Å². The second kappa shape index (κ2) is 5.83. The molecule has 0 bridgehead atoms. The number of hydrogen-bond acceptors (Lipinski definition) is 4. The van der Waals surface area contributed by atoms with Gasteiger partial charge in [-0.05, 0) is 18.2 Å². The predicted molar refractivity (Wildman–Crippen MR) is 90.1 cm³/mol. The quantitative estimate of drug-likeness (QED) is 0.919. The number of hydrogen-bond donors (Lipinski definition) is 1. The molecular weight excluding hydrogens is 304 g/mol. The molecule has 0 spiro atoms. The number of carbonyl (C=O) groups excluding carboxylic acids is 1. The molecule has 1 fully saturated rings. The average Bonchev–Trinajstić information content (AvgIpc) is 2.94. The highest BCUT2D eigenvalue weighted by Gasteiger charge is 2.42. The molecule has 24 heavy (non-hydrogen) atoms. The SMILES string of the molecule is CN1C(=O)c2ccccc2O[C@H]2CN(Cc3ccccc3O)C[C@H]21. The molecule has 5 heteroatoms. The average molecular weight is 324 g/mol. The van der Waals surface area contributed by atoms with Crippen molar-refractivity contribution >= 4 is 5.91 Å². The van der Waals surface area contributed by atoms with Crippen LogP contribution in [-0.4, -0.2) is 53.1 Å². The highest BCUT2D eigenvalue weighted by atomic mass is 16.5. The number of benzene rings is 2. The summed E-state index contributed by atoms with van der Waals surface area (Å²) in [5.74, 6) is 0.967. The minimum absolute atomic E-state index is 0.00232. The van der Waals surface area contributed by atoms with Crippen LogP contribution in [0.3, 0.4) is 0 Å². The molecule has 2 atom stereocenters. The first kappa shape index (κ1) is 15.0. The third kappa shape index (κ3) is 2.51. The van der Waals surface area contributed by atoms with E-state index in [9.17, 15) is 9.90 Å². The lowest BCUT2D eigenvalue weighted by Gasteiger charge is -2.25. The number of ether oxygens (including phenoxy) is 1. The minimum Gasteiger partial charge on any atom is -0.508 e. The lowest BCUT2D eigenvalue weighted by molar-refractivity contribution is 0.0682. The second-order valence-corrected chi connectivity index (χ2v) is 6.46. The van der Waals surface area contributed by atoms with E-state index in [-0.39, 0.29) is 18.1 Å². The molecule has 0 aliphatic carbocycles.